The van der Waals surface area contributed by atoms with E-state index in [1.807, 2.05) is 61.5 Å². The number of nitrogens with one attached hydrogen (secondary N) is 2. The van der Waals surface area contributed by atoms with Gasteiger partial charge in [-0.1, -0.05) is 81.8 Å². The van der Waals surface area contributed by atoms with E-state index in [0.717, 1.165) is 29.0 Å². The molecule has 2 unspecified atom stereocenters. The van der Waals surface area contributed by atoms with Crippen molar-refractivity contribution in [2.45, 2.75) is 39.7 Å². The van der Waals surface area contributed by atoms with Gasteiger partial charge in [-0.25, -0.2) is 9.67 Å². The normalized spacial score (nSPS) is 11.7. The standard InChI is InChI=1S/C24H24N5O3P.C3H8.C2H4/c1-2-15-33(32)19-11-9-18(10-12-19)21(17-7-4-3-5-8-17)27-22(30)20-16-25-24(28-23(20)31)29-14-6-13-26-29;1-3-2;1-2/h3-14,16,21,32H,2,15H2,1H3,(H,27,30)(H,25,28,31);3H2,1-2H3;1-2H2. The third kappa shape index (κ3) is 8.33. The van der Waals surface area contributed by atoms with Crippen LogP contribution in [0.1, 0.15) is 61.1 Å². The lowest BCUT2D eigenvalue weighted by molar-refractivity contribution is 0.0941. The van der Waals surface area contributed by atoms with E-state index in [-0.39, 0.29) is 11.5 Å². The quantitative estimate of drug-likeness (QED) is 0.215. The van der Waals surface area contributed by atoms with E-state index in [2.05, 4.69) is 47.4 Å². The van der Waals surface area contributed by atoms with Gasteiger partial charge in [0.1, 0.15) is 5.56 Å². The molecule has 0 spiro atoms. The Labute approximate surface area is 225 Å². The van der Waals surface area contributed by atoms with Crippen molar-refractivity contribution in [2.75, 3.05) is 6.16 Å². The maximum atomic E-state index is 13.1. The van der Waals surface area contributed by atoms with Crippen molar-refractivity contribution in [3.05, 3.63) is 119 Å². The van der Waals surface area contributed by atoms with Crippen LogP contribution in [0.4, 0.5) is 0 Å². The topological polar surface area (TPSA) is 113 Å². The Bertz CT molecular complexity index is 1290. The van der Waals surface area contributed by atoms with E-state index in [4.69, 9.17) is 0 Å². The lowest BCUT2D eigenvalue weighted by Gasteiger charge is -2.20. The molecule has 4 rings (SSSR count). The summed E-state index contributed by atoms with van der Waals surface area (Å²) in [6.07, 6.45) is 7.37. The number of hydrogen-bond acceptors (Lipinski definition) is 5. The van der Waals surface area contributed by atoms with Gasteiger partial charge in [-0.15, -0.1) is 13.2 Å². The minimum Gasteiger partial charge on any atom is -0.369 e. The summed E-state index contributed by atoms with van der Waals surface area (Å²) in [7, 11) is -1.19. The number of nitrogens with zero attached hydrogens (tertiary/aromatic N) is 3. The maximum Gasteiger partial charge on any atom is 0.265 e. The van der Waals surface area contributed by atoms with Crippen LogP contribution in [-0.4, -0.2) is 36.7 Å². The Hall–Kier alpha value is -3.87. The highest BCUT2D eigenvalue weighted by Crippen LogP contribution is 2.30. The predicted octanol–water partition coefficient (Wildman–Crippen LogP) is 5.12. The first-order valence-electron chi connectivity index (χ1n) is 12.5. The molecule has 0 bridgehead atoms. The average molecular weight is 534 g/mol. The number of H-pyrrole nitrogens is 1. The summed E-state index contributed by atoms with van der Waals surface area (Å²) in [6.45, 7) is 12.3. The van der Waals surface area contributed by atoms with E-state index in [1.165, 1.54) is 17.3 Å². The van der Waals surface area contributed by atoms with Gasteiger partial charge in [-0.3, -0.25) is 14.6 Å². The Morgan fingerprint density at radius 3 is 2.24 bits per heavy atom. The number of amides is 1. The molecule has 2 aromatic heterocycles. The van der Waals surface area contributed by atoms with Crippen molar-refractivity contribution in [3.8, 4) is 5.95 Å². The van der Waals surface area contributed by atoms with E-state index in [9.17, 15) is 14.5 Å². The summed E-state index contributed by atoms with van der Waals surface area (Å²) >= 11 is 0. The second-order valence-electron chi connectivity index (χ2n) is 8.14. The summed E-state index contributed by atoms with van der Waals surface area (Å²) in [6, 6.07) is 18.3. The van der Waals surface area contributed by atoms with E-state index >= 15 is 0 Å². The first kappa shape index (κ1) is 30.4. The number of rotatable bonds is 8. The Morgan fingerprint density at radius 2 is 1.68 bits per heavy atom. The molecule has 1 amide bonds. The molecule has 0 saturated carbocycles. The van der Waals surface area contributed by atoms with Gasteiger partial charge in [0.05, 0.1) is 14.2 Å². The molecule has 8 nitrogen and oxygen atoms in total. The third-order valence-electron chi connectivity index (χ3n) is 5.12. The van der Waals surface area contributed by atoms with Crippen LogP contribution in [0.5, 0.6) is 0 Å². The SMILES string of the molecule is C=C.CCC.CCCP(O)c1ccc(C(NC(=O)c2cnc(-n3cccn3)[nH]c2=O)c2ccccc2)cc1. The monoisotopic (exact) mass is 533 g/mol. The fraction of sp³-hybridized carbons (Fsp3) is 0.241. The molecule has 9 heteroatoms. The summed E-state index contributed by atoms with van der Waals surface area (Å²) < 4.78 is 1.41. The number of aromatic nitrogens is 4. The minimum atomic E-state index is -1.19. The van der Waals surface area contributed by atoms with Gasteiger partial charge in [-0.2, -0.15) is 5.10 Å². The number of aromatic amines is 1. The zero-order chi connectivity index (χ0) is 27.9. The summed E-state index contributed by atoms with van der Waals surface area (Å²) in [4.78, 5) is 42.7. The van der Waals surface area contributed by atoms with Gasteiger partial charge in [0.25, 0.3) is 11.5 Å². The molecule has 0 aliphatic rings. The van der Waals surface area contributed by atoms with Gasteiger partial charge < -0.3 is 10.2 Å². The minimum absolute atomic E-state index is 0.0923. The molecule has 3 N–H and O–H groups in total. The first-order chi connectivity index (χ1) is 18.5. The number of hydrogen-bond donors (Lipinski definition) is 3. The third-order valence-corrected chi connectivity index (χ3v) is 6.89. The van der Waals surface area contributed by atoms with Crippen molar-refractivity contribution < 1.29 is 9.69 Å². The van der Waals surface area contributed by atoms with E-state index in [0.29, 0.717) is 0 Å². The zero-order valence-corrected chi connectivity index (χ0v) is 23.1. The average Bonchev–Trinajstić information content (AvgIpc) is 3.49. The van der Waals surface area contributed by atoms with Crippen LogP contribution in [0.25, 0.3) is 5.95 Å². The van der Waals surface area contributed by atoms with Crippen molar-refractivity contribution in [1.29, 1.82) is 0 Å². The smallest absolute Gasteiger partial charge is 0.265 e. The molecular formula is C29H36N5O3P. The fourth-order valence-electron chi connectivity index (χ4n) is 3.45. The molecule has 0 saturated heterocycles. The largest absolute Gasteiger partial charge is 0.369 e. The molecule has 0 aliphatic carbocycles. The predicted molar refractivity (Wildman–Crippen MR) is 155 cm³/mol. The van der Waals surface area contributed by atoms with Crippen molar-refractivity contribution >= 4 is 19.4 Å². The summed E-state index contributed by atoms with van der Waals surface area (Å²) in [5.74, 6) is -0.312. The van der Waals surface area contributed by atoms with Crippen LogP contribution in [0.15, 0.2) is 97.2 Å². The van der Waals surface area contributed by atoms with Crippen LogP contribution < -0.4 is 16.2 Å². The highest BCUT2D eigenvalue weighted by molar-refractivity contribution is 7.59. The van der Waals surface area contributed by atoms with Crippen molar-refractivity contribution in [3.63, 3.8) is 0 Å². The summed E-state index contributed by atoms with van der Waals surface area (Å²) in [5.41, 5.74) is 1.07. The van der Waals surface area contributed by atoms with Gasteiger partial charge in [0.15, 0.2) is 0 Å². The zero-order valence-electron chi connectivity index (χ0n) is 22.2. The molecule has 200 valence electrons. The van der Waals surface area contributed by atoms with Gasteiger partial charge >= 0.3 is 0 Å². The maximum absolute atomic E-state index is 13.1. The van der Waals surface area contributed by atoms with Gasteiger partial charge in [0, 0.05) is 23.9 Å². The molecule has 2 aromatic carbocycles. The second kappa shape index (κ2) is 16.1. The lowest BCUT2D eigenvalue weighted by Crippen LogP contribution is -2.34. The van der Waals surface area contributed by atoms with Gasteiger partial charge in [-0.05, 0) is 29.8 Å². The molecule has 2 atom stereocenters. The Morgan fingerprint density at radius 1 is 1.05 bits per heavy atom. The molecule has 0 fully saturated rings. The molecule has 4 aromatic rings. The van der Waals surface area contributed by atoms with Crippen LogP contribution in [0.2, 0.25) is 0 Å². The number of carbonyl (C=O) groups excluding carboxylic acids is 1. The van der Waals surface area contributed by atoms with Crippen LogP contribution in [-0.2, 0) is 0 Å². The van der Waals surface area contributed by atoms with Crippen molar-refractivity contribution in [1.82, 2.24) is 25.1 Å². The van der Waals surface area contributed by atoms with Crippen LogP contribution in [0, 0.1) is 0 Å². The van der Waals surface area contributed by atoms with E-state index < -0.39 is 25.7 Å². The highest BCUT2D eigenvalue weighted by atomic mass is 31.1. The highest BCUT2D eigenvalue weighted by Gasteiger charge is 2.21. The first-order valence-corrected chi connectivity index (χ1v) is 14.0. The lowest BCUT2D eigenvalue weighted by atomic mass is 9.98. The molecule has 2 heterocycles. The number of carbonyl (C=O) groups is 1. The molecule has 0 radical (unpaired) electrons. The Kier molecular flexibility index (Phi) is 12.8. The van der Waals surface area contributed by atoms with Crippen LogP contribution in [0.3, 0.4) is 0 Å². The molecule has 0 aliphatic heterocycles. The van der Waals surface area contributed by atoms with E-state index in [1.54, 1.807) is 18.5 Å². The Balaban J connectivity index is 0.000000947. The second-order valence-corrected chi connectivity index (χ2v) is 9.90. The summed E-state index contributed by atoms with van der Waals surface area (Å²) in [5, 5.41) is 7.88. The molecule has 38 heavy (non-hydrogen) atoms. The van der Waals surface area contributed by atoms with Gasteiger partial charge in [0.2, 0.25) is 5.95 Å². The molecular weight excluding hydrogens is 497 g/mol. The fourth-order valence-corrected chi connectivity index (χ4v) is 4.63. The van der Waals surface area contributed by atoms with Crippen LogP contribution >= 0.6 is 8.15 Å². The van der Waals surface area contributed by atoms with Crippen molar-refractivity contribution in [2.24, 2.45) is 0 Å². The number of benzene rings is 2.